The molecule has 100 valence electrons. The molecule has 4 nitrogen and oxygen atoms in total. The zero-order chi connectivity index (χ0) is 13.9. The molecular formula is C14H12N4S2. The molecule has 0 fully saturated rings. The summed E-state index contributed by atoms with van der Waals surface area (Å²) in [6, 6.07) is 7.90. The Hall–Kier alpha value is -2.05. The maximum Gasteiger partial charge on any atom is 0.107 e. The molecular weight excluding hydrogens is 288 g/mol. The van der Waals surface area contributed by atoms with Crippen molar-refractivity contribution in [1.29, 1.82) is 0 Å². The van der Waals surface area contributed by atoms with E-state index in [0.29, 0.717) is 11.5 Å². The van der Waals surface area contributed by atoms with E-state index in [1.165, 1.54) is 0 Å². The maximum absolute atomic E-state index is 5.79. The van der Waals surface area contributed by atoms with E-state index in [1.54, 1.807) is 17.5 Å². The van der Waals surface area contributed by atoms with Crippen LogP contribution in [0.4, 0.5) is 5.69 Å². The minimum absolute atomic E-state index is 0.337. The molecule has 2 aromatic heterocycles. The predicted octanol–water partition coefficient (Wildman–Crippen LogP) is 2.94. The van der Waals surface area contributed by atoms with Gasteiger partial charge in [-0.2, -0.15) is 0 Å². The Kier molecular flexibility index (Phi) is 3.58. The number of nitrogens with one attached hydrogen (secondary N) is 1. The molecule has 0 saturated heterocycles. The molecule has 0 saturated carbocycles. The van der Waals surface area contributed by atoms with Crippen molar-refractivity contribution in [2.75, 3.05) is 5.32 Å². The standard InChI is InChI=1S/C14H12N4S2/c15-14(19)11-6-16-12-4-2-1-3-10(12)13(11)17-5-9-7-20-8-18-9/h1-4,6-8H,5H2,(H2,15,19)(H,16,17). The highest BCUT2D eigenvalue weighted by Gasteiger charge is 2.10. The van der Waals surface area contributed by atoms with Gasteiger partial charge in [0.2, 0.25) is 0 Å². The molecule has 3 rings (SSSR count). The highest BCUT2D eigenvalue weighted by molar-refractivity contribution is 7.80. The Labute approximate surface area is 125 Å². The SMILES string of the molecule is NC(=S)c1cnc2ccccc2c1NCc1cscn1. The van der Waals surface area contributed by atoms with E-state index in [9.17, 15) is 0 Å². The van der Waals surface area contributed by atoms with Crippen LogP contribution in [0.2, 0.25) is 0 Å². The van der Waals surface area contributed by atoms with E-state index in [2.05, 4.69) is 15.3 Å². The van der Waals surface area contributed by atoms with Crippen LogP contribution in [0.3, 0.4) is 0 Å². The normalized spacial score (nSPS) is 10.6. The molecule has 1 aromatic carbocycles. The number of benzene rings is 1. The summed E-state index contributed by atoms with van der Waals surface area (Å²) in [4.78, 5) is 8.99. The van der Waals surface area contributed by atoms with Crippen LogP contribution in [-0.4, -0.2) is 15.0 Å². The zero-order valence-electron chi connectivity index (χ0n) is 10.5. The second kappa shape index (κ2) is 5.52. The van der Waals surface area contributed by atoms with Gasteiger partial charge in [-0.25, -0.2) is 4.98 Å². The van der Waals surface area contributed by atoms with Crippen LogP contribution in [0.15, 0.2) is 41.4 Å². The summed E-state index contributed by atoms with van der Waals surface area (Å²) in [5, 5.41) is 6.39. The largest absolute Gasteiger partial charge is 0.389 e. The maximum atomic E-state index is 5.79. The summed E-state index contributed by atoms with van der Waals surface area (Å²) < 4.78 is 0. The van der Waals surface area contributed by atoms with Gasteiger partial charge < -0.3 is 11.1 Å². The molecule has 0 spiro atoms. The van der Waals surface area contributed by atoms with Crippen molar-refractivity contribution in [2.24, 2.45) is 5.73 Å². The van der Waals surface area contributed by atoms with Gasteiger partial charge in [-0.1, -0.05) is 30.4 Å². The van der Waals surface area contributed by atoms with Crippen molar-refractivity contribution in [1.82, 2.24) is 9.97 Å². The number of pyridine rings is 1. The summed E-state index contributed by atoms with van der Waals surface area (Å²) in [7, 11) is 0. The van der Waals surface area contributed by atoms with Crippen molar-refractivity contribution >= 4 is 45.1 Å². The molecule has 6 heteroatoms. The van der Waals surface area contributed by atoms with E-state index in [4.69, 9.17) is 18.0 Å². The number of anilines is 1. The molecule has 0 aliphatic rings. The number of thiazole rings is 1. The topological polar surface area (TPSA) is 63.8 Å². The second-order valence-corrected chi connectivity index (χ2v) is 5.42. The summed E-state index contributed by atoms with van der Waals surface area (Å²) in [5.41, 5.74) is 11.2. The van der Waals surface area contributed by atoms with Crippen LogP contribution >= 0.6 is 23.6 Å². The first kappa shape index (κ1) is 13.0. The highest BCUT2D eigenvalue weighted by atomic mass is 32.1. The molecule has 0 atom stereocenters. The average molecular weight is 300 g/mol. The van der Waals surface area contributed by atoms with E-state index in [-0.39, 0.29) is 0 Å². The summed E-state index contributed by atoms with van der Waals surface area (Å²) >= 11 is 6.69. The third-order valence-corrected chi connectivity index (χ3v) is 3.83. The number of aromatic nitrogens is 2. The fourth-order valence-corrected chi connectivity index (χ4v) is 2.74. The number of thiocarbonyl (C=S) groups is 1. The molecule has 0 unspecified atom stereocenters. The fourth-order valence-electron chi connectivity index (χ4n) is 2.02. The Morgan fingerprint density at radius 1 is 1.30 bits per heavy atom. The molecule has 3 N–H and O–H groups in total. The first-order chi connectivity index (χ1) is 9.75. The van der Waals surface area contributed by atoms with Gasteiger partial charge in [-0.15, -0.1) is 11.3 Å². The van der Waals surface area contributed by atoms with Gasteiger partial charge >= 0.3 is 0 Å². The number of nitrogens with zero attached hydrogens (tertiary/aromatic N) is 2. The van der Waals surface area contributed by atoms with E-state index in [0.717, 1.165) is 27.8 Å². The molecule has 0 radical (unpaired) electrons. The van der Waals surface area contributed by atoms with Crippen molar-refractivity contribution in [3.63, 3.8) is 0 Å². The Morgan fingerprint density at radius 3 is 2.90 bits per heavy atom. The van der Waals surface area contributed by atoms with E-state index >= 15 is 0 Å². The van der Waals surface area contributed by atoms with Crippen LogP contribution < -0.4 is 11.1 Å². The number of rotatable bonds is 4. The number of para-hydroxylation sites is 1. The average Bonchev–Trinajstić information content (AvgIpc) is 2.97. The van der Waals surface area contributed by atoms with Crippen molar-refractivity contribution in [2.45, 2.75) is 6.54 Å². The Bertz CT molecular complexity index is 753. The van der Waals surface area contributed by atoms with Gasteiger partial charge in [-0.05, 0) is 6.07 Å². The van der Waals surface area contributed by atoms with Gasteiger partial charge in [0, 0.05) is 17.0 Å². The van der Waals surface area contributed by atoms with Crippen LogP contribution in [0.25, 0.3) is 10.9 Å². The Balaban J connectivity index is 2.05. The third-order valence-electron chi connectivity index (χ3n) is 2.97. The quantitative estimate of drug-likeness (QED) is 0.725. The zero-order valence-corrected chi connectivity index (χ0v) is 12.2. The van der Waals surface area contributed by atoms with Gasteiger partial charge in [0.1, 0.15) is 4.99 Å². The van der Waals surface area contributed by atoms with Gasteiger partial charge in [-0.3, -0.25) is 4.98 Å². The Morgan fingerprint density at radius 2 is 2.15 bits per heavy atom. The molecule has 0 bridgehead atoms. The number of hydrogen-bond acceptors (Lipinski definition) is 5. The molecule has 2 heterocycles. The van der Waals surface area contributed by atoms with Crippen molar-refractivity contribution < 1.29 is 0 Å². The monoisotopic (exact) mass is 300 g/mol. The highest BCUT2D eigenvalue weighted by Crippen LogP contribution is 2.26. The lowest BCUT2D eigenvalue weighted by Crippen LogP contribution is -2.14. The van der Waals surface area contributed by atoms with Gasteiger partial charge in [0.15, 0.2) is 0 Å². The lowest BCUT2D eigenvalue weighted by Gasteiger charge is -2.13. The van der Waals surface area contributed by atoms with Crippen LogP contribution in [-0.2, 0) is 6.54 Å². The molecule has 0 aliphatic heterocycles. The van der Waals surface area contributed by atoms with E-state index < -0.39 is 0 Å². The smallest absolute Gasteiger partial charge is 0.107 e. The number of nitrogens with two attached hydrogens (primary N) is 1. The lowest BCUT2D eigenvalue weighted by molar-refractivity contribution is 1.07. The third kappa shape index (κ3) is 2.48. The van der Waals surface area contributed by atoms with Crippen molar-refractivity contribution in [3.8, 4) is 0 Å². The molecule has 0 aliphatic carbocycles. The predicted molar refractivity (Wildman–Crippen MR) is 87.1 cm³/mol. The van der Waals surface area contributed by atoms with E-state index in [1.807, 2.05) is 35.2 Å². The molecule has 0 amide bonds. The first-order valence-corrected chi connectivity index (χ1v) is 7.39. The number of hydrogen-bond donors (Lipinski definition) is 2. The van der Waals surface area contributed by atoms with Crippen LogP contribution in [0.5, 0.6) is 0 Å². The molecule has 3 aromatic rings. The van der Waals surface area contributed by atoms with Gasteiger partial charge in [0.25, 0.3) is 0 Å². The minimum Gasteiger partial charge on any atom is -0.389 e. The summed E-state index contributed by atoms with van der Waals surface area (Å²) in [6.07, 6.45) is 1.72. The second-order valence-electron chi connectivity index (χ2n) is 4.26. The minimum atomic E-state index is 0.337. The molecule has 20 heavy (non-hydrogen) atoms. The summed E-state index contributed by atoms with van der Waals surface area (Å²) in [5.74, 6) is 0. The lowest BCUT2D eigenvalue weighted by atomic mass is 10.1. The van der Waals surface area contributed by atoms with Crippen LogP contribution in [0.1, 0.15) is 11.3 Å². The van der Waals surface area contributed by atoms with Gasteiger partial charge in [0.05, 0.1) is 34.5 Å². The van der Waals surface area contributed by atoms with Crippen molar-refractivity contribution in [3.05, 3.63) is 52.6 Å². The van der Waals surface area contributed by atoms with Crippen LogP contribution in [0, 0.1) is 0 Å². The fraction of sp³-hybridized carbons (Fsp3) is 0.0714. The number of fused-ring (bicyclic) bond motifs is 1. The first-order valence-electron chi connectivity index (χ1n) is 6.04. The summed E-state index contributed by atoms with van der Waals surface area (Å²) in [6.45, 7) is 0.632.